The van der Waals surface area contributed by atoms with Crippen LogP contribution in [-0.4, -0.2) is 33.1 Å². The second-order valence-electron chi connectivity index (χ2n) is 4.68. The van der Waals surface area contributed by atoms with Crippen LogP contribution in [0.2, 0.25) is 0 Å². The number of nitrogens with zero attached hydrogens (tertiary/aromatic N) is 2. The minimum Gasteiger partial charge on any atom is -0.330 e. The Morgan fingerprint density at radius 3 is 2.71 bits per heavy atom. The zero-order chi connectivity index (χ0) is 15.2. The van der Waals surface area contributed by atoms with Crippen molar-refractivity contribution in [2.24, 2.45) is 0 Å². The van der Waals surface area contributed by atoms with Crippen LogP contribution >= 0.6 is 11.8 Å². The first-order chi connectivity index (χ1) is 10.1. The number of carbonyl (C=O) groups is 3. The average molecular weight is 308 g/mol. The molecule has 21 heavy (non-hydrogen) atoms. The Morgan fingerprint density at radius 2 is 2.10 bits per heavy atom. The third-order valence-electron chi connectivity index (χ3n) is 2.91. The molecule has 7 heteroatoms. The molecule has 2 heterocycles. The minimum absolute atomic E-state index is 0.109. The quantitative estimate of drug-likeness (QED) is 0.590. The van der Waals surface area contributed by atoms with Crippen LogP contribution in [0.25, 0.3) is 0 Å². The summed E-state index contributed by atoms with van der Waals surface area (Å²) in [5, 5.41) is 1.65. The predicted octanol–water partition coefficient (Wildman–Crippen LogP) is 1.95. The highest BCUT2D eigenvalue weighted by atomic mass is 32.2. The van der Waals surface area contributed by atoms with Crippen LogP contribution < -0.4 is 0 Å². The van der Waals surface area contributed by atoms with Gasteiger partial charge in [0.15, 0.2) is 0 Å². The molecule has 0 bridgehead atoms. The topological polar surface area (TPSA) is 76.6 Å². The zero-order valence-corrected chi connectivity index (χ0v) is 12.5. The van der Waals surface area contributed by atoms with Gasteiger partial charge in [0, 0.05) is 30.7 Å². The number of amides is 2. The van der Waals surface area contributed by atoms with E-state index in [-0.39, 0.29) is 24.5 Å². The highest BCUT2D eigenvalue weighted by Gasteiger charge is 2.32. The van der Waals surface area contributed by atoms with Gasteiger partial charge in [-0.05, 0) is 18.6 Å². The summed E-state index contributed by atoms with van der Waals surface area (Å²) >= 11 is 1.56. The summed E-state index contributed by atoms with van der Waals surface area (Å²) in [5.41, 5.74) is 0. The van der Waals surface area contributed by atoms with Crippen molar-refractivity contribution >= 4 is 29.5 Å². The molecule has 0 aliphatic carbocycles. The molecule has 1 aliphatic heterocycles. The van der Waals surface area contributed by atoms with Crippen LogP contribution in [0.15, 0.2) is 29.4 Å². The molecule has 0 saturated carbocycles. The summed E-state index contributed by atoms with van der Waals surface area (Å²) in [6, 6.07) is 5.65. The minimum atomic E-state index is -0.563. The van der Waals surface area contributed by atoms with Gasteiger partial charge in [-0.1, -0.05) is 13.0 Å². The first-order valence-corrected chi connectivity index (χ1v) is 7.58. The Labute approximate surface area is 126 Å². The highest BCUT2D eigenvalue weighted by molar-refractivity contribution is 7.99. The van der Waals surface area contributed by atoms with Crippen LogP contribution in [0, 0.1) is 0 Å². The van der Waals surface area contributed by atoms with E-state index < -0.39 is 17.8 Å². The lowest BCUT2D eigenvalue weighted by molar-refractivity contribution is -0.197. The first-order valence-electron chi connectivity index (χ1n) is 6.70. The van der Waals surface area contributed by atoms with Crippen LogP contribution in [0.5, 0.6) is 0 Å². The van der Waals surface area contributed by atoms with Gasteiger partial charge in [0.25, 0.3) is 11.8 Å². The van der Waals surface area contributed by atoms with Gasteiger partial charge in [0.2, 0.25) is 0 Å². The van der Waals surface area contributed by atoms with Gasteiger partial charge in [-0.3, -0.25) is 9.59 Å². The number of imide groups is 1. The van der Waals surface area contributed by atoms with Gasteiger partial charge < -0.3 is 4.84 Å². The van der Waals surface area contributed by atoms with Gasteiger partial charge in [0.05, 0.1) is 5.03 Å². The monoisotopic (exact) mass is 308 g/mol. The molecule has 6 nitrogen and oxygen atoms in total. The van der Waals surface area contributed by atoms with E-state index in [1.54, 1.807) is 18.0 Å². The fraction of sp³-hybridized carbons (Fsp3) is 0.429. The van der Waals surface area contributed by atoms with Crippen molar-refractivity contribution < 1.29 is 19.2 Å². The molecular weight excluding hydrogens is 292 g/mol. The second-order valence-corrected chi connectivity index (χ2v) is 6.14. The highest BCUT2D eigenvalue weighted by Crippen LogP contribution is 2.24. The summed E-state index contributed by atoms with van der Waals surface area (Å²) < 4.78 is 0. The Hall–Kier alpha value is -1.89. The summed E-state index contributed by atoms with van der Waals surface area (Å²) in [7, 11) is 0. The molecule has 0 N–H and O–H groups in total. The molecule has 1 unspecified atom stereocenters. The van der Waals surface area contributed by atoms with Crippen LogP contribution in [0.4, 0.5) is 0 Å². The molecule has 1 fully saturated rings. The number of rotatable bonds is 6. The molecule has 1 aromatic heterocycles. The van der Waals surface area contributed by atoms with Gasteiger partial charge in [-0.15, -0.1) is 16.8 Å². The Balaban J connectivity index is 1.73. The van der Waals surface area contributed by atoms with Crippen LogP contribution in [0.3, 0.4) is 0 Å². The number of carbonyl (C=O) groups excluding carboxylic acids is 3. The normalized spacial score (nSPS) is 16.1. The van der Waals surface area contributed by atoms with Crippen molar-refractivity contribution in [2.45, 2.75) is 42.9 Å². The standard InChI is InChI=1S/C14H16N2O4S/c1-10(21-11-4-2-3-9-15-11)5-8-14(19)20-16-12(17)6-7-13(16)18/h2-4,9-10H,5-8H2,1H3. The maximum atomic E-state index is 11.7. The molecule has 1 aromatic rings. The van der Waals surface area contributed by atoms with E-state index in [0.717, 1.165) is 5.03 Å². The summed E-state index contributed by atoms with van der Waals surface area (Å²) in [6.07, 6.45) is 2.67. The fourth-order valence-electron chi connectivity index (χ4n) is 1.81. The zero-order valence-electron chi connectivity index (χ0n) is 11.7. The fourth-order valence-corrected chi connectivity index (χ4v) is 2.74. The molecule has 1 saturated heterocycles. The SMILES string of the molecule is CC(CCC(=O)ON1C(=O)CCC1=O)Sc1ccccn1. The molecular formula is C14H16N2O4S. The summed E-state index contributed by atoms with van der Waals surface area (Å²) in [5.74, 6) is -1.47. The lowest BCUT2D eigenvalue weighted by Crippen LogP contribution is -2.32. The Bertz CT molecular complexity index is 519. The van der Waals surface area contributed by atoms with E-state index in [2.05, 4.69) is 4.98 Å². The van der Waals surface area contributed by atoms with Crippen molar-refractivity contribution in [2.75, 3.05) is 0 Å². The van der Waals surface area contributed by atoms with Crippen molar-refractivity contribution in [1.82, 2.24) is 10.0 Å². The number of pyridine rings is 1. The van der Waals surface area contributed by atoms with Gasteiger partial charge >= 0.3 is 5.97 Å². The van der Waals surface area contributed by atoms with Gasteiger partial charge in [-0.2, -0.15) is 0 Å². The van der Waals surface area contributed by atoms with E-state index in [4.69, 9.17) is 4.84 Å². The molecule has 0 aromatic carbocycles. The molecule has 2 rings (SSSR count). The third-order valence-corrected chi connectivity index (χ3v) is 4.03. The molecule has 0 spiro atoms. The molecule has 112 valence electrons. The van der Waals surface area contributed by atoms with Gasteiger partial charge in [0.1, 0.15) is 0 Å². The molecule has 1 atom stereocenters. The number of aromatic nitrogens is 1. The molecule has 2 amide bonds. The number of hydrogen-bond acceptors (Lipinski definition) is 6. The Kier molecular flexibility index (Phi) is 5.32. The van der Waals surface area contributed by atoms with Crippen molar-refractivity contribution in [3.05, 3.63) is 24.4 Å². The van der Waals surface area contributed by atoms with E-state index in [9.17, 15) is 14.4 Å². The van der Waals surface area contributed by atoms with Gasteiger partial charge in [-0.25, -0.2) is 9.78 Å². The largest absolute Gasteiger partial charge is 0.333 e. The number of thioether (sulfide) groups is 1. The maximum absolute atomic E-state index is 11.7. The van der Waals surface area contributed by atoms with E-state index in [1.165, 1.54) is 0 Å². The molecule has 1 aliphatic rings. The van der Waals surface area contributed by atoms with Crippen molar-refractivity contribution in [3.63, 3.8) is 0 Å². The second kappa shape index (κ2) is 7.21. The predicted molar refractivity (Wildman–Crippen MR) is 76.0 cm³/mol. The number of hydroxylamine groups is 2. The first kappa shape index (κ1) is 15.5. The van der Waals surface area contributed by atoms with Crippen LogP contribution in [-0.2, 0) is 19.2 Å². The van der Waals surface area contributed by atoms with E-state index in [1.807, 2.05) is 25.1 Å². The van der Waals surface area contributed by atoms with E-state index in [0.29, 0.717) is 11.5 Å². The lowest BCUT2D eigenvalue weighted by atomic mass is 10.2. The summed E-state index contributed by atoms with van der Waals surface area (Å²) in [6.45, 7) is 1.98. The number of hydrogen-bond donors (Lipinski definition) is 0. The maximum Gasteiger partial charge on any atom is 0.333 e. The summed E-state index contributed by atoms with van der Waals surface area (Å²) in [4.78, 5) is 43.3. The third kappa shape index (κ3) is 4.56. The van der Waals surface area contributed by atoms with Crippen molar-refractivity contribution in [1.29, 1.82) is 0 Å². The molecule has 0 radical (unpaired) electrons. The lowest BCUT2D eigenvalue weighted by Gasteiger charge is -2.14. The van der Waals surface area contributed by atoms with Crippen molar-refractivity contribution in [3.8, 4) is 0 Å². The van der Waals surface area contributed by atoms with Crippen LogP contribution in [0.1, 0.15) is 32.6 Å². The average Bonchev–Trinajstić information content (AvgIpc) is 2.78. The van der Waals surface area contributed by atoms with E-state index >= 15 is 0 Å². The smallest absolute Gasteiger partial charge is 0.330 e. The Morgan fingerprint density at radius 1 is 1.38 bits per heavy atom.